The van der Waals surface area contributed by atoms with Crippen molar-refractivity contribution in [3.63, 3.8) is 0 Å². The van der Waals surface area contributed by atoms with Gasteiger partial charge in [0.2, 0.25) is 0 Å². The number of pyridine rings is 1. The van der Waals surface area contributed by atoms with Crippen molar-refractivity contribution in [3.05, 3.63) is 41.3 Å². The second kappa shape index (κ2) is 3.95. The lowest BCUT2D eigenvalue weighted by Crippen LogP contribution is -2.24. The van der Waals surface area contributed by atoms with Crippen LogP contribution in [0.2, 0.25) is 0 Å². The van der Waals surface area contributed by atoms with Crippen molar-refractivity contribution in [1.29, 1.82) is 0 Å². The Kier molecular flexibility index (Phi) is 2.49. The van der Waals surface area contributed by atoms with Crippen LogP contribution < -0.4 is 11.3 Å². The van der Waals surface area contributed by atoms with Gasteiger partial charge in [0.1, 0.15) is 12.7 Å². The van der Waals surface area contributed by atoms with Crippen LogP contribution in [-0.2, 0) is 13.1 Å². The van der Waals surface area contributed by atoms with Gasteiger partial charge in [-0.25, -0.2) is 4.98 Å². The molecule has 0 unspecified atom stereocenters. The van der Waals surface area contributed by atoms with Gasteiger partial charge in [0.05, 0.1) is 12.2 Å². The Morgan fingerprint density at radius 2 is 2.27 bits per heavy atom. The molecule has 0 radical (unpaired) electrons. The van der Waals surface area contributed by atoms with Crippen molar-refractivity contribution in [2.24, 2.45) is 0 Å². The van der Waals surface area contributed by atoms with E-state index in [0.29, 0.717) is 13.1 Å². The Hall–Kier alpha value is -2.11. The van der Waals surface area contributed by atoms with E-state index in [1.807, 2.05) is 0 Å². The quantitative estimate of drug-likeness (QED) is 0.747. The number of nitrogens with two attached hydrogens (primary N) is 1. The highest BCUT2D eigenvalue weighted by Crippen LogP contribution is 1.92. The molecule has 0 saturated heterocycles. The van der Waals surface area contributed by atoms with Crippen molar-refractivity contribution in [2.45, 2.75) is 13.1 Å². The van der Waals surface area contributed by atoms with Gasteiger partial charge in [0.15, 0.2) is 0 Å². The third kappa shape index (κ3) is 2.04. The molecule has 0 aliphatic rings. The van der Waals surface area contributed by atoms with Crippen LogP contribution in [0.3, 0.4) is 0 Å². The van der Waals surface area contributed by atoms with Gasteiger partial charge in [-0.1, -0.05) is 0 Å². The van der Waals surface area contributed by atoms with Crippen LogP contribution >= 0.6 is 0 Å². The fourth-order valence-corrected chi connectivity index (χ4v) is 1.29. The van der Waals surface area contributed by atoms with E-state index in [4.69, 9.17) is 5.73 Å². The van der Waals surface area contributed by atoms with E-state index >= 15 is 0 Å². The van der Waals surface area contributed by atoms with Gasteiger partial charge < -0.3 is 10.3 Å². The maximum absolute atomic E-state index is 11.5. The fourth-order valence-electron chi connectivity index (χ4n) is 1.29. The molecule has 0 aliphatic carbocycles. The number of hydrogen-bond acceptors (Lipinski definition) is 4. The zero-order chi connectivity index (χ0) is 10.7. The molecule has 0 bridgehead atoms. The maximum Gasteiger partial charge on any atom is 0.273 e. The first-order valence-corrected chi connectivity index (χ1v) is 4.55. The van der Waals surface area contributed by atoms with Gasteiger partial charge in [-0.2, -0.15) is 5.10 Å². The Morgan fingerprint density at radius 3 is 3.00 bits per heavy atom. The molecule has 0 aliphatic heterocycles. The van der Waals surface area contributed by atoms with Crippen LogP contribution in [0.4, 0.5) is 5.69 Å². The molecule has 6 heteroatoms. The highest BCUT2D eigenvalue weighted by Gasteiger charge is 1.99. The number of aromatic nitrogens is 4. The minimum Gasteiger partial charge on any atom is -0.394 e. The van der Waals surface area contributed by atoms with E-state index < -0.39 is 0 Å². The smallest absolute Gasteiger partial charge is 0.273 e. The number of hydrogen-bond donors (Lipinski definition) is 1. The molecule has 0 saturated carbocycles. The fraction of sp³-hybridized carbons (Fsp3) is 0.222. The lowest BCUT2D eigenvalue weighted by Gasteiger charge is -2.05. The molecular weight excluding hydrogens is 194 g/mol. The molecule has 0 spiro atoms. The number of anilines is 1. The lowest BCUT2D eigenvalue weighted by atomic mass is 10.4. The number of nitrogens with zero attached hydrogens (tertiary/aromatic N) is 4. The van der Waals surface area contributed by atoms with Crippen LogP contribution in [-0.4, -0.2) is 19.3 Å². The van der Waals surface area contributed by atoms with Crippen LogP contribution in [0.25, 0.3) is 0 Å². The molecule has 6 nitrogen and oxygen atoms in total. The predicted octanol–water partition coefficient (Wildman–Crippen LogP) is -0.278. The number of nitrogen functional groups attached to an aromatic ring is 1. The Balaban J connectivity index is 2.12. The zero-order valence-corrected chi connectivity index (χ0v) is 8.08. The van der Waals surface area contributed by atoms with Gasteiger partial charge in [-0.15, -0.1) is 0 Å². The summed E-state index contributed by atoms with van der Waals surface area (Å²) >= 11 is 0. The molecule has 0 fully saturated rings. The summed E-state index contributed by atoms with van der Waals surface area (Å²) < 4.78 is 3.21. The van der Waals surface area contributed by atoms with E-state index in [2.05, 4.69) is 10.1 Å². The van der Waals surface area contributed by atoms with E-state index in [9.17, 15) is 4.79 Å². The molecule has 78 valence electrons. The average Bonchev–Trinajstić information content (AvgIpc) is 2.73. The molecule has 2 heterocycles. The number of rotatable bonds is 3. The molecule has 2 rings (SSSR count). The van der Waals surface area contributed by atoms with Gasteiger partial charge in [-0.3, -0.25) is 9.48 Å². The minimum absolute atomic E-state index is 0.169. The van der Waals surface area contributed by atoms with Gasteiger partial charge in [0.25, 0.3) is 5.56 Å². The maximum atomic E-state index is 11.5. The summed E-state index contributed by atoms with van der Waals surface area (Å²) in [6, 6.07) is 3.34. The number of aryl methyl sites for hydroxylation is 2. The highest BCUT2D eigenvalue weighted by molar-refractivity contribution is 5.33. The SMILES string of the molecule is Nc1cccn(CCn2cncn2)c1=O. The second-order valence-corrected chi connectivity index (χ2v) is 3.12. The first-order chi connectivity index (χ1) is 7.27. The van der Waals surface area contributed by atoms with E-state index in [0.717, 1.165) is 0 Å². The van der Waals surface area contributed by atoms with Crippen molar-refractivity contribution in [3.8, 4) is 0 Å². The highest BCUT2D eigenvalue weighted by atomic mass is 16.1. The Labute approximate surface area is 86.0 Å². The molecule has 2 aromatic heterocycles. The first kappa shape index (κ1) is 9.45. The van der Waals surface area contributed by atoms with Crippen LogP contribution in [0.5, 0.6) is 0 Å². The summed E-state index contributed by atoms with van der Waals surface area (Å²) in [5.41, 5.74) is 5.59. The van der Waals surface area contributed by atoms with E-state index in [1.165, 1.54) is 6.33 Å². The molecule has 2 N–H and O–H groups in total. The van der Waals surface area contributed by atoms with Crippen molar-refractivity contribution >= 4 is 5.69 Å². The topological polar surface area (TPSA) is 78.7 Å². The van der Waals surface area contributed by atoms with E-state index in [1.54, 1.807) is 33.9 Å². The van der Waals surface area contributed by atoms with Crippen LogP contribution in [0.15, 0.2) is 35.8 Å². The average molecular weight is 205 g/mol. The Morgan fingerprint density at radius 1 is 1.40 bits per heavy atom. The summed E-state index contributed by atoms with van der Waals surface area (Å²) in [6.07, 6.45) is 4.77. The molecule has 0 aromatic carbocycles. The van der Waals surface area contributed by atoms with Crippen molar-refractivity contribution in [1.82, 2.24) is 19.3 Å². The van der Waals surface area contributed by atoms with E-state index in [-0.39, 0.29) is 11.2 Å². The summed E-state index contributed by atoms with van der Waals surface area (Å²) in [6.45, 7) is 1.14. The van der Waals surface area contributed by atoms with Crippen molar-refractivity contribution < 1.29 is 0 Å². The first-order valence-electron chi connectivity index (χ1n) is 4.55. The van der Waals surface area contributed by atoms with Gasteiger partial charge in [0, 0.05) is 12.7 Å². The Bertz CT molecular complexity index is 487. The summed E-state index contributed by atoms with van der Waals surface area (Å²) in [5.74, 6) is 0. The van der Waals surface area contributed by atoms with Gasteiger partial charge in [-0.05, 0) is 12.1 Å². The summed E-state index contributed by atoms with van der Waals surface area (Å²) in [5, 5.41) is 3.94. The second-order valence-electron chi connectivity index (χ2n) is 3.12. The predicted molar refractivity (Wildman–Crippen MR) is 55.1 cm³/mol. The molecular formula is C9H11N5O. The third-order valence-corrected chi connectivity index (χ3v) is 2.09. The molecule has 0 atom stereocenters. The minimum atomic E-state index is -0.169. The summed E-state index contributed by atoms with van der Waals surface area (Å²) in [7, 11) is 0. The molecule has 2 aromatic rings. The molecule has 0 amide bonds. The zero-order valence-electron chi connectivity index (χ0n) is 8.08. The molecule has 15 heavy (non-hydrogen) atoms. The monoisotopic (exact) mass is 205 g/mol. The largest absolute Gasteiger partial charge is 0.394 e. The standard InChI is InChI=1S/C9H11N5O/c10-8-2-1-3-13(9(8)15)4-5-14-7-11-6-12-14/h1-3,6-7H,4-5,10H2. The lowest BCUT2D eigenvalue weighted by molar-refractivity contribution is 0.523. The third-order valence-electron chi connectivity index (χ3n) is 2.09. The summed E-state index contributed by atoms with van der Waals surface area (Å²) in [4.78, 5) is 15.3. The van der Waals surface area contributed by atoms with Crippen LogP contribution in [0.1, 0.15) is 0 Å². The van der Waals surface area contributed by atoms with Gasteiger partial charge >= 0.3 is 0 Å². The van der Waals surface area contributed by atoms with Crippen LogP contribution in [0, 0.1) is 0 Å². The van der Waals surface area contributed by atoms with Crippen molar-refractivity contribution in [2.75, 3.05) is 5.73 Å². The normalized spacial score (nSPS) is 10.4.